The van der Waals surface area contributed by atoms with E-state index < -0.39 is 10.0 Å². The number of hydrogen-bond donors (Lipinski definition) is 1. The molecule has 0 spiro atoms. The fourth-order valence-electron chi connectivity index (χ4n) is 3.19. The largest absolute Gasteiger partial charge is 0.370 e. The van der Waals surface area contributed by atoms with Gasteiger partial charge in [0.25, 0.3) is 0 Å². The van der Waals surface area contributed by atoms with E-state index in [0.29, 0.717) is 29.7 Å². The molecule has 3 aromatic rings. The molecular formula is C18H17ClN4O3S. The minimum Gasteiger partial charge on any atom is -0.370 e. The van der Waals surface area contributed by atoms with Crippen LogP contribution in [0, 0.1) is 0 Å². The average Bonchev–Trinajstić information content (AvgIpc) is 3.25. The molecule has 0 fully saturated rings. The number of hydrogen-bond acceptors (Lipinski definition) is 6. The van der Waals surface area contributed by atoms with E-state index in [1.165, 1.54) is 6.07 Å². The van der Waals surface area contributed by atoms with Crippen LogP contribution in [-0.2, 0) is 22.9 Å². The molecule has 140 valence electrons. The van der Waals surface area contributed by atoms with Crippen molar-refractivity contribution >= 4 is 27.3 Å². The summed E-state index contributed by atoms with van der Waals surface area (Å²) in [5.41, 5.74) is 2.79. The molecule has 0 unspecified atom stereocenters. The highest BCUT2D eigenvalue weighted by molar-refractivity contribution is 7.89. The fraction of sp³-hybridized carbons (Fsp3) is 0.222. The van der Waals surface area contributed by atoms with Crippen LogP contribution in [0.3, 0.4) is 0 Å². The van der Waals surface area contributed by atoms with Gasteiger partial charge in [0.2, 0.25) is 21.7 Å². The van der Waals surface area contributed by atoms with Gasteiger partial charge in [-0.2, -0.15) is 4.98 Å². The summed E-state index contributed by atoms with van der Waals surface area (Å²) in [6, 6.07) is 12.3. The number of rotatable bonds is 5. The molecule has 27 heavy (non-hydrogen) atoms. The maximum Gasteiger partial charge on any atom is 0.238 e. The van der Waals surface area contributed by atoms with Crippen molar-refractivity contribution in [3.8, 4) is 11.4 Å². The summed E-state index contributed by atoms with van der Waals surface area (Å²) in [7, 11) is -3.69. The van der Waals surface area contributed by atoms with Crippen molar-refractivity contribution in [2.24, 2.45) is 5.14 Å². The summed E-state index contributed by atoms with van der Waals surface area (Å²) in [6.45, 7) is 1.50. The van der Waals surface area contributed by atoms with Crippen molar-refractivity contribution in [2.45, 2.75) is 17.7 Å². The van der Waals surface area contributed by atoms with Crippen LogP contribution < -0.4 is 10.0 Å². The predicted octanol–water partition coefficient (Wildman–Crippen LogP) is 2.64. The Hall–Kier alpha value is -2.42. The number of nitrogens with zero attached hydrogens (tertiary/aromatic N) is 3. The summed E-state index contributed by atoms with van der Waals surface area (Å²) in [6.07, 6.45) is 1.36. The second-order valence-corrected chi connectivity index (χ2v) is 8.34. The highest BCUT2D eigenvalue weighted by atomic mass is 35.5. The molecule has 0 radical (unpaired) electrons. The fourth-order valence-corrected chi connectivity index (χ4v) is 3.94. The van der Waals surface area contributed by atoms with E-state index in [2.05, 4.69) is 15.0 Å². The number of anilines is 1. The second kappa shape index (κ2) is 6.95. The molecule has 0 saturated heterocycles. The molecule has 0 amide bonds. The number of benzene rings is 2. The van der Waals surface area contributed by atoms with Crippen molar-refractivity contribution in [1.29, 1.82) is 0 Å². The Bertz CT molecular complexity index is 1100. The topological polar surface area (TPSA) is 102 Å². The maximum absolute atomic E-state index is 11.5. The lowest BCUT2D eigenvalue weighted by atomic mass is 10.2. The van der Waals surface area contributed by atoms with Gasteiger partial charge < -0.3 is 9.42 Å². The Morgan fingerprint density at radius 3 is 2.85 bits per heavy atom. The van der Waals surface area contributed by atoms with E-state index in [1.807, 2.05) is 12.1 Å². The van der Waals surface area contributed by atoms with Crippen LogP contribution in [0.25, 0.3) is 11.4 Å². The lowest BCUT2D eigenvalue weighted by Crippen LogP contribution is -2.23. The minimum atomic E-state index is -3.69. The van der Waals surface area contributed by atoms with Gasteiger partial charge in [-0.15, -0.1) is 0 Å². The van der Waals surface area contributed by atoms with Gasteiger partial charge in [0, 0.05) is 35.8 Å². The van der Waals surface area contributed by atoms with Crippen molar-refractivity contribution < 1.29 is 12.9 Å². The quantitative estimate of drug-likeness (QED) is 0.701. The Kier molecular flexibility index (Phi) is 4.63. The number of halogens is 1. The van der Waals surface area contributed by atoms with E-state index in [9.17, 15) is 8.42 Å². The van der Waals surface area contributed by atoms with Crippen molar-refractivity contribution in [3.63, 3.8) is 0 Å². The smallest absolute Gasteiger partial charge is 0.238 e. The normalized spacial score (nSPS) is 13.8. The lowest BCUT2D eigenvalue weighted by molar-refractivity contribution is 0.379. The number of primary sulfonamides is 1. The van der Waals surface area contributed by atoms with E-state index in [-0.39, 0.29) is 4.90 Å². The first-order valence-electron chi connectivity index (χ1n) is 8.39. The molecular weight excluding hydrogens is 388 g/mol. The molecule has 1 aliphatic rings. The maximum atomic E-state index is 11.5. The van der Waals surface area contributed by atoms with Crippen LogP contribution in [-0.4, -0.2) is 31.6 Å². The highest BCUT2D eigenvalue weighted by Gasteiger charge is 2.22. The SMILES string of the molecule is NS(=O)(=O)c1ccc2c(c1)CCN2CCc1nc(-c2cccc(Cl)c2)no1. The monoisotopic (exact) mass is 404 g/mol. The number of aromatic nitrogens is 2. The molecule has 9 heteroatoms. The third kappa shape index (κ3) is 3.83. The zero-order chi connectivity index (χ0) is 19.0. The molecule has 7 nitrogen and oxygen atoms in total. The van der Waals surface area contributed by atoms with E-state index in [1.54, 1.807) is 24.3 Å². The standard InChI is InChI=1S/C18H17ClN4O3S/c19-14-3-1-2-13(10-14)18-21-17(26-22-18)7-9-23-8-6-12-11-15(27(20,24)25)4-5-16(12)23/h1-5,10-11H,6-9H2,(H2,20,24,25). The van der Waals surface area contributed by atoms with Gasteiger partial charge in [0.15, 0.2) is 0 Å². The van der Waals surface area contributed by atoms with Crippen LogP contribution >= 0.6 is 11.6 Å². The zero-order valence-corrected chi connectivity index (χ0v) is 15.9. The number of fused-ring (bicyclic) bond motifs is 1. The van der Waals surface area contributed by atoms with Gasteiger partial charge in [0.1, 0.15) is 0 Å². The van der Waals surface area contributed by atoms with E-state index in [0.717, 1.165) is 29.8 Å². The number of sulfonamides is 1. The molecule has 1 aromatic heterocycles. The van der Waals surface area contributed by atoms with Gasteiger partial charge in [-0.25, -0.2) is 13.6 Å². The summed E-state index contributed by atoms with van der Waals surface area (Å²) in [5, 5.41) is 9.83. The summed E-state index contributed by atoms with van der Waals surface area (Å²) in [5.74, 6) is 1.05. The second-order valence-electron chi connectivity index (χ2n) is 6.34. The Labute approximate surface area is 161 Å². The van der Waals surface area contributed by atoms with E-state index in [4.69, 9.17) is 21.3 Å². The molecule has 2 heterocycles. The first-order chi connectivity index (χ1) is 12.9. The van der Waals surface area contributed by atoms with Crippen molar-refractivity contribution in [3.05, 3.63) is 58.9 Å². The van der Waals surface area contributed by atoms with Crippen molar-refractivity contribution in [2.75, 3.05) is 18.0 Å². The third-order valence-electron chi connectivity index (χ3n) is 4.52. The van der Waals surface area contributed by atoms with Gasteiger partial charge in [-0.05, 0) is 42.3 Å². The summed E-state index contributed by atoms with van der Waals surface area (Å²) < 4.78 is 28.3. The molecule has 0 atom stereocenters. The minimum absolute atomic E-state index is 0.145. The third-order valence-corrected chi connectivity index (χ3v) is 5.66. The van der Waals surface area contributed by atoms with Crippen molar-refractivity contribution in [1.82, 2.24) is 10.1 Å². The molecule has 2 aromatic carbocycles. The molecule has 2 N–H and O–H groups in total. The van der Waals surface area contributed by atoms with Crippen LogP contribution in [0.2, 0.25) is 5.02 Å². The van der Waals surface area contributed by atoms with Gasteiger partial charge in [-0.1, -0.05) is 28.9 Å². The van der Waals surface area contributed by atoms with Crippen LogP contribution in [0.4, 0.5) is 5.69 Å². The van der Waals surface area contributed by atoms with Crippen LogP contribution in [0.1, 0.15) is 11.5 Å². The Morgan fingerprint density at radius 1 is 1.22 bits per heavy atom. The van der Waals surface area contributed by atoms with Crippen LogP contribution in [0.5, 0.6) is 0 Å². The Morgan fingerprint density at radius 2 is 2.07 bits per heavy atom. The van der Waals surface area contributed by atoms with Gasteiger partial charge >= 0.3 is 0 Å². The predicted molar refractivity (Wildman–Crippen MR) is 102 cm³/mol. The summed E-state index contributed by atoms with van der Waals surface area (Å²) >= 11 is 6.00. The number of nitrogens with two attached hydrogens (primary N) is 1. The average molecular weight is 405 g/mol. The molecule has 4 rings (SSSR count). The van der Waals surface area contributed by atoms with Gasteiger partial charge in [0.05, 0.1) is 4.90 Å². The first kappa shape index (κ1) is 18.0. The molecule has 0 saturated carbocycles. The summed E-state index contributed by atoms with van der Waals surface area (Å²) in [4.78, 5) is 6.74. The zero-order valence-electron chi connectivity index (χ0n) is 14.3. The molecule has 1 aliphatic heterocycles. The van der Waals surface area contributed by atoms with Gasteiger partial charge in [-0.3, -0.25) is 0 Å². The molecule has 0 aliphatic carbocycles. The Balaban J connectivity index is 1.45. The molecule has 0 bridgehead atoms. The lowest BCUT2D eigenvalue weighted by Gasteiger charge is -2.18. The first-order valence-corrected chi connectivity index (χ1v) is 10.3. The van der Waals surface area contributed by atoms with E-state index >= 15 is 0 Å². The highest BCUT2D eigenvalue weighted by Crippen LogP contribution is 2.30. The van der Waals surface area contributed by atoms with Crippen LogP contribution in [0.15, 0.2) is 51.9 Å².